The van der Waals surface area contributed by atoms with Crippen LogP contribution in [0.5, 0.6) is 0 Å². The molecule has 1 aromatic rings. The number of hydrogen-bond donors (Lipinski definition) is 5. The van der Waals surface area contributed by atoms with Gasteiger partial charge in [-0.1, -0.05) is 33.6 Å². The zero-order chi connectivity index (χ0) is 31.2. The van der Waals surface area contributed by atoms with Crippen LogP contribution in [-0.2, 0) is 19.2 Å². The summed E-state index contributed by atoms with van der Waals surface area (Å²) < 4.78 is 0. The van der Waals surface area contributed by atoms with Crippen molar-refractivity contribution in [1.29, 1.82) is 0 Å². The average molecular weight is 589 g/mol. The standard InChI is InChI=1S/C30H48N6O6/c1-6-10-23(34-30(42)26(19(4)7-2)35-27(39)21-13-15-31-16-14-21)28(40)33-22-17-20(5)36(18-22)24(29(41)32-8-3)11-9-12-25(37)38/h13-16,19-20,22-24,26H,6-12,17-18H2,1-5H3,(H,32,41)(H,33,40)(H,34,42)(H,35,39)(H,37,38)/t19-,20?,22-,23-,24-,26-/m0/s1. The lowest BCUT2D eigenvalue weighted by molar-refractivity contribution is -0.137. The van der Waals surface area contributed by atoms with Gasteiger partial charge in [-0.2, -0.15) is 0 Å². The molecule has 1 saturated heterocycles. The summed E-state index contributed by atoms with van der Waals surface area (Å²) in [5.74, 6) is -2.34. The summed E-state index contributed by atoms with van der Waals surface area (Å²) in [6, 6.07) is 0.792. The molecule has 2 rings (SSSR count). The third kappa shape index (κ3) is 10.4. The van der Waals surface area contributed by atoms with Crippen molar-refractivity contribution in [2.24, 2.45) is 5.92 Å². The number of carbonyl (C=O) groups is 5. The Morgan fingerprint density at radius 1 is 1.02 bits per heavy atom. The van der Waals surface area contributed by atoms with Crippen molar-refractivity contribution in [3.05, 3.63) is 30.1 Å². The minimum Gasteiger partial charge on any atom is -0.481 e. The number of amides is 4. The fourth-order valence-corrected chi connectivity index (χ4v) is 5.33. The monoisotopic (exact) mass is 588 g/mol. The normalized spacial score (nSPS) is 19.6. The molecule has 1 aromatic heterocycles. The van der Waals surface area contributed by atoms with E-state index in [1.165, 1.54) is 12.4 Å². The largest absolute Gasteiger partial charge is 0.481 e. The first kappa shape index (κ1) is 34.7. The molecule has 1 fully saturated rings. The fraction of sp³-hybridized carbons (Fsp3) is 0.667. The van der Waals surface area contributed by atoms with E-state index in [0.29, 0.717) is 57.2 Å². The lowest BCUT2D eigenvalue weighted by Crippen LogP contribution is -2.56. The number of nitrogens with zero attached hydrogens (tertiary/aromatic N) is 2. The van der Waals surface area contributed by atoms with Crippen molar-refractivity contribution in [2.45, 2.75) is 110 Å². The van der Waals surface area contributed by atoms with Gasteiger partial charge in [0.2, 0.25) is 17.7 Å². The van der Waals surface area contributed by atoms with E-state index in [1.807, 2.05) is 39.5 Å². The Morgan fingerprint density at radius 2 is 1.71 bits per heavy atom. The second-order valence-electron chi connectivity index (χ2n) is 11.1. The van der Waals surface area contributed by atoms with E-state index < -0.39 is 30.0 Å². The van der Waals surface area contributed by atoms with E-state index in [-0.39, 0.29) is 42.1 Å². The zero-order valence-electron chi connectivity index (χ0n) is 25.5. The van der Waals surface area contributed by atoms with Crippen LogP contribution in [-0.4, -0.2) is 87.9 Å². The number of rotatable bonds is 17. The van der Waals surface area contributed by atoms with Crippen LogP contribution in [0, 0.1) is 5.92 Å². The number of carbonyl (C=O) groups excluding carboxylic acids is 4. The van der Waals surface area contributed by atoms with Gasteiger partial charge in [0.05, 0.1) is 6.04 Å². The number of pyridine rings is 1. The molecule has 0 bridgehead atoms. The molecule has 0 radical (unpaired) electrons. The van der Waals surface area contributed by atoms with Crippen molar-refractivity contribution < 1.29 is 29.1 Å². The number of nitrogens with one attached hydrogen (secondary N) is 4. The SMILES string of the molecule is CCC[C@H](NC(=O)[C@@H](NC(=O)c1ccncc1)[C@@H](C)CC)C(=O)N[C@H]1CC(C)N([C@@H](CCCC(=O)O)C(=O)NCC)C1. The van der Waals surface area contributed by atoms with Gasteiger partial charge in [-0.25, -0.2) is 0 Å². The van der Waals surface area contributed by atoms with Gasteiger partial charge in [0.15, 0.2) is 0 Å². The maximum Gasteiger partial charge on any atom is 0.303 e. The van der Waals surface area contributed by atoms with E-state index in [1.54, 1.807) is 12.1 Å². The molecule has 234 valence electrons. The molecule has 0 aromatic carbocycles. The number of hydrogen-bond acceptors (Lipinski definition) is 7. The van der Waals surface area contributed by atoms with Crippen molar-refractivity contribution in [1.82, 2.24) is 31.2 Å². The maximum absolute atomic E-state index is 13.4. The molecule has 1 aliphatic heterocycles. The first-order valence-electron chi connectivity index (χ1n) is 15.1. The molecule has 0 aliphatic carbocycles. The van der Waals surface area contributed by atoms with Gasteiger partial charge in [0.1, 0.15) is 12.1 Å². The average Bonchev–Trinajstić information content (AvgIpc) is 3.32. The van der Waals surface area contributed by atoms with Crippen LogP contribution in [0.2, 0.25) is 0 Å². The predicted octanol–water partition coefficient (Wildman–Crippen LogP) is 1.85. The van der Waals surface area contributed by atoms with Gasteiger partial charge in [0, 0.05) is 49.6 Å². The first-order chi connectivity index (χ1) is 20.0. The molecule has 6 atom stereocenters. The molecule has 2 heterocycles. The summed E-state index contributed by atoms with van der Waals surface area (Å²) in [6.07, 6.45) is 6.12. The van der Waals surface area contributed by atoms with Crippen LogP contribution in [0.1, 0.15) is 89.9 Å². The maximum atomic E-state index is 13.4. The number of carboxylic acids is 1. The molecule has 12 heteroatoms. The second kappa shape index (κ2) is 17.4. The highest BCUT2D eigenvalue weighted by Gasteiger charge is 2.38. The Morgan fingerprint density at radius 3 is 2.31 bits per heavy atom. The molecule has 0 spiro atoms. The highest BCUT2D eigenvalue weighted by molar-refractivity contribution is 5.98. The molecule has 12 nitrogen and oxygen atoms in total. The van der Waals surface area contributed by atoms with Gasteiger partial charge in [-0.15, -0.1) is 0 Å². The summed E-state index contributed by atoms with van der Waals surface area (Å²) in [4.78, 5) is 69.4. The number of likely N-dealkylation sites (N-methyl/N-ethyl adjacent to an activating group) is 1. The van der Waals surface area contributed by atoms with Crippen molar-refractivity contribution in [3.8, 4) is 0 Å². The molecule has 4 amide bonds. The second-order valence-corrected chi connectivity index (χ2v) is 11.1. The topological polar surface area (TPSA) is 170 Å². The summed E-state index contributed by atoms with van der Waals surface area (Å²) in [7, 11) is 0. The minimum atomic E-state index is -0.902. The summed E-state index contributed by atoms with van der Waals surface area (Å²) in [5, 5.41) is 20.6. The molecule has 1 unspecified atom stereocenters. The van der Waals surface area contributed by atoms with E-state index in [2.05, 4.69) is 26.3 Å². The Kier molecular flexibility index (Phi) is 14.4. The third-order valence-corrected chi connectivity index (χ3v) is 7.83. The van der Waals surface area contributed by atoms with Crippen LogP contribution in [0.15, 0.2) is 24.5 Å². The molecule has 42 heavy (non-hydrogen) atoms. The summed E-state index contributed by atoms with van der Waals surface area (Å²) in [5.41, 5.74) is 0.391. The number of aromatic nitrogens is 1. The van der Waals surface area contributed by atoms with Crippen molar-refractivity contribution in [2.75, 3.05) is 13.1 Å². The lowest BCUT2D eigenvalue weighted by atomic mass is 9.97. The number of aliphatic carboxylic acids is 1. The van der Waals surface area contributed by atoms with Gasteiger partial charge in [-0.05, 0) is 57.6 Å². The predicted molar refractivity (Wildman–Crippen MR) is 158 cm³/mol. The number of likely N-dealkylation sites (tertiary alicyclic amines) is 1. The zero-order valence-corrected chi connectivity index (χ0v) is 25.5. The van der Waals surface area contributed by atoms with E-state index in [4.69, 9.17) is 5.11 Å². The highest BCUT2D eigenvalue weighted by Crippen LogP contribution is 2.24. The minimum absolute atomic E-state index is 0.00914. The third-order valence-electron chi connectivity index (χ3n) is 7.83. The van der Waals surface area contributed by atoms with Crippen LogP contribution >= 0.6 is 0 Å². The van der Waals surface area contributed by atoms with Crippen molar-refractivity contribution >= 4 is 29.6 Å². The smallest absolute Gasteiger partial charge is 0.303 e. The molecule has 5 N–H and O–H groups in total. The lowest BCUT2D eigenvalue weighted by Gasteiger charge is -2.30. The first-order valence-corrected chi connectivity index (χ1v) is 15.1. The Hall–Kier alpha value is -3.54. The Bertz CT molecular complexity index is 1050. The summed E-state index contributed by atoms with van der Waals surface area (Å²) in [6.45, 7) is 10.5. The van der Waals surface area contributed by atoms with Crippen LogP contribution < -0.4 is 21.3 Å². The number of carboxylic acid groups (broad SMARTS) is 1. The summed E-state index contributed by atoms with van der Waals surface area (Å²) >= 11 is 0. The van der Waals surface area contributed by atoms with Crippen LogP contribution in [0.25, 0.3) is 0 Å². The molecular formula is C30H48N6O6. The van der Waals surface area contributed by atoms with Crippen molar-refractivity contribution in [3.63, 3.8) is 0 Å². The molecule has 0 saturated carbocycles. The highest BCUT2D eigenvalue weighted by atomic mass is 16.4. The quantitative estimate of drug-likeness (QED) is 0.184. The van der Waals surface area contributed by atoms with Gasteiger partial charge in [0.25, 0.3) is 5.91 Å². The molecular weight excluding hydrogens is 540 g/mol. The van der Waals surface area contributed by atoms with Gasteiger partial charge >= 0.3 is 5.97 Å². The van der Waals surface area contributed by atoms with E-state index in [0.717, 1.165) is 0 Å². The Labute approximate surface area is 248 Å². The molecule has 1 aliphatic rings. The van der Waals surface area contributed by atoms with Gasteiger partial charge < -0.3 is 26.4 Å². The van der Waals surface area contributed by atoms with Crippen LogP contribution in [0.3, 0.4) is 0 Å². The fourth-order valence-electron chi connectivity index (χ4n) is 5.33. The van der Waals surface area contributed by atoms with Gasteiger partial charge in [-0.3, -0.25) is 33.9 Å². The Balaban J connectivity index is 2.09. The van der Waals surface area contributed by atoms with E-state index in [9.17, 15) is 24.0 Å². The van der Waals surface area contributed by atoms with E-state index >= 15 is 0 Å². The van der Waals surface area contributed by atoms with Crippen LogP contribution in [0.4, 0.5) is 0 Å².